The third-order valence-electron chi connectivity index (χ3n) is 4.38. The Morgan fingerprint density at radius 1 is 0.407 bits per heavy atom. The molecular formula is C22H12O5. The quantitative estimate of drug-likeness (QED) is 0.356. The van der Waals surface area contributed by atoms with E-state index in [1.807, 2.05) is 0 Å². The minimum atomic E-state index is -0.550. The summed E-state index contributed by atoms with van der Waals surface area (Å²) in [4.78, 5) is 45.9. The number of rotatable bonds is 0. The summed E-state index contributed by atoms with van der Waals surface area (Å²) in [5.41, 5.74) is 2.74. The fraction of sp³-hybridized carbons (Fsp3) is 0. The maximum Gasteiger partial charge on any atom is 0.346 e. The van der Waals surface area contributed by atoms with Crippen molar-refractivity contribution in [2.24, 2.45) is 0 Å². The highest BCUT2D eigenvalue weighted by Crippen LogP contribution is 2.26. The van der Waals surface area contributed by atoms with Gasteiger partial charge in [-0.1, -0.05) is 60.7 Å². The van der Waals surface area contributed by atoms with Gasteiger partial charge >= 0.3 is 11.9 Å². The van der Waals surface area contributed by atoms with Crippen molar-refractivity contribution in [2.75, 3.05) is 0 Å². The summed E-state index contributed by atoms with van der Waals surface area (Å²) in [6, 6.07) is 20.4. The van der Waals surface area contributed by atoms with Crippen LogP contribution in [-0.2, 0) is 4.74 Å². The van der Waals surface area contributed by atoms with Gasteiger partial charge in [-0.3, -0.25) is 9.59 Å². The zero-order chi connectivity index (χ0) is 19.0. The minimum absolute atomic E-state index is 0.0641. The lowest BCUT2D eigenvalue weighted by Gasteiger charge is -2.16. The predicted octanol–water partition coefficient (Wildman–Crippen LogP) is 3.46. The maximum atomic E-state index is 12.1. The summed E-state index contributed by atoms with van der Waals surface area (Å²) in [5, 5.41) is 0. The van der Waals surface area contributed by atoms with Gasteiger partial charge in [-0.25, -0.2) is 9.59 Å². The molecule has 0 amide bonds. The molecule has 1 heterocycles. The van der Waals surface area contributed by atoms with Gasteiger partial charge in [0.2, 0.25) is 0 Å². The van der Waals surface area contributed by atoms with Crippen molar-refractivity contribution in [3.05, 3.63) is 106 Å². The fourth-order valence-electron chi connectivity index (χ4n) is 3.08. The van der Waals surface area contributed by atoms with Crippen LogP contribution in [0.4, 0.5) is 0 Å². The predicted molar refractivity (Wildman–Crippen MR) is 95.9 cm³/mol. The highest BCUT2D eigenvalue weighted by atomic mass is 16.6. The first-order chi connectivity index (χ1) is 13.1. The molecule has 3 aromatic rings. The van der Waals surface area contributed by atoms with Crippen molar-refractivity contribution in [3.8, 4) is 0 Å². The lowest BCUT2D eigenvalue weighted by atomic mass is 9.84. The maximum absolute atomic E-state index is 12.1. The van der Waals surface area contributed by atoms with Crippen LogP contribution in [-0.4, -0.2) is 23.5 Å². The lowest BCUT2D eigenvalue weighted by molar-refractivity contribution is 0.0443. The molecule has 5 rings (SSSR count). The van der Waals surface area contributed by atoms with E-state index in [0.717, 1.165) is 0 Å². The van der Waals surface area contributed by atoms with Crippen LogP contribution in [0.25, 0.3) is 0 Å². The minimum Gasteiger partial charge on any atom is -0.386 e. The Kier molecular flexibility index (Phi) is 3.97. The number of hydrogen-bond donors (Lipinski definition) is 0. The van der Waals surface area contributed by atoms with Crippen LogP contribution in [0.1, 0.15) is 52.6 Å². The molecular weight excluding hydrogens is 344 g/mol. The monoisotopic (exact) mass is 356 g/mol. The van der Waals surface area contributed by atoms with Gasteiger partial charge < -0.3 is 4.74 Å². The first kappa shape index (κ1) is 16.6. The standard InChI is InChI=1S/C14H8O2.C8H4O3/c15-13-9-5-1-2-6-10(9)14(16)12-8-4-3-7-11(12)13;9-7-5-3-1-2-4-6(5)8(10)11-7/h1-8H;1-4H. The Morgan fingerprint density at radius 2 is 0.667 bits per heavy atom. The van der Waals surface area contributed by atoms with Crippen LogP contribution in [0.2, 0.25) is 0 Å². The number of hydrogen-bond acceptors (Lipinski definition) is 5. The number of esters is 2. The molecule has 27 heavy (non-hydrogen) atoms. The van der Waals surface area contributed by atoms with E-state index in [1.54, 1.807) is 72.8 Å². The second-order valence-electron chi connectivity index (χ2n) is 5.97. The molecule has 0 atom stereocenters. The fourth-order valence-corrected chi connectivity index (χ4v) is 3.08. The van der Waals surface area contributed by atoms with Crippen LogP contribution in [0.3, 0.4) is 0 Å². The molecule has 1 aliphatic heterocycles. The molecule has 0 bridgehead atoms. The van der Waals surface area contributed by atoms with Crippen molar-refractivity contribution in [2.45, 2.75) is 0 Å². The Morgan fingerprint density at radius 3 is 0.963 bits per heavy atom. The summed E-state index contributed by atoms with van der Waals surface area (Å²) in [6.45, 7) is 0. The van der Waals surface area contributed by atoms with Gasteiger partial charge in [-0.05, 0) is 12.1 Å². The van der Waals surface area contributed by atoms with E-state index < -0.39 is 11.9 Å². The van der Waals surface area contributed by atoms with Crippen molar-refractivity contribution in [3.63, 3.8) is 0 Å². The molecule has 0 saturated carbocycles. The summed E-state index contributed by atoms with van der Waals surface area (Å²) in [6.07, 6.45) is 0. The molecule has 0 fully saturated rings. The zero-order valence-corrected chi connectivity index (χ0v) is 14.0. The van der Waals surface area contributed by atoms with Crippen LogP contribution in [0.5, 0.6) is 0 Å². The molecule has 1 aliphatic carbocycles. The van der Waals surface area contributed by atoms with Crippen molar-refractivity contribution in [1.29, 1.82) is 0 Å². The van der Waals surface area contributed by atoms with E-state index in [1.165, 1.54) is 0 Å². The molecule has 0 spiro atoms. The number of ether oxygens (including phenoxy) is 1. The first-order valence-corrected chi connectivity index (χ1v) is 8.21. The SMILES string of the molecule is O=C1OC(=O)c2ccccc21.O=C1c2ccccc2C(=O)c2ccccc21. The molecule has 0 N–H and O–H groups in total. The molecule has 0 aromatic heterocycles. The highest BCUT2D eigenvalue weighted by molar-refractivity contribution is 6.28. The van der Waals surface area contributed by atoms with Crippen LogP contribution in [0, 0.1) is 0 Å². The Balaban J connectivity index is 0.000000143. The summed E-state index contributed by atoms with van der Waals surface area (Å²) >= 11 is 0. The number of carbonyl (C=O) groups is 4. The second-order valence-corrected chi connectivity index (χ2v) is 5.97. The Hall–Kier alpha value is -3.86. The molecule has 0 unspecified atom stereocenters. The van der Waals surface area contributed by atoms with Gasteiger partial charge in [-0.15, -0.1) is 0 Å². The van der Waals surface area contributed by atoms with Crippen molar-refractivity contribution < 1.29 is 23.9 Å². The van der Waals surface area contributed by atoms with Crippen LogP contribution < -0.4 is 0 Å². The van der Waals surface area contributed by atoms with E-state index in [9.17, 15) is 19.2 Å². The second kappa shape index (κ2) is 6.46. The molecule has 5 heteroatoms. The Bertz CT molecular complexity index is 988. The molecule has 0 radical (unpaired) electrons. The molecule has 5 nitrogen and oxygen atoms in total. The van der Waals surface area contributed by atoms with Gasteiger partial charge in [0.15, 0.2) is 11.6 Å². The van der Waals surface area contributed by atoms with Crippen LogP contribution in [0.15, 0.2) is 72.8 Å². The number of fused-ring (bicyclic) bond motifs is 3. The first-order valence-electron chi connectivity index (χ1n) is 8.21. The largest absolute Gasteiger partial charge is 0.386 e. The summed E-state index contributed by atoms with van der Waals surface area (Å²) in [5.74, 6) is -1.23. The van der Waals surface area contributed by atoms with Crippen LogP contribution >= 0.6 is 0 Å². The highest BCUT2D eigenvalue weighted by Gasteiger charge is 2.29. The Labute approximate surface area is 154 Å². The number of benzene rings is 3. The third-order valence-corrected chi connectivity index (χ3v) is 4.38. The van der Waals surface area contributed by atoms with E-state index in [0.29, 0.717) is 33.4 Å². The van der Waals surface area contributed by atoms with Crippen molar-refractivity contribution in [1.82, 2.24) is 0 Å². The summed E-state index contributed by atoms with van der Waals surface area (Å²) < 4.78 is 4.35. The molecule has 2 aliphatic rings. The van der Waals surface area contributed by atoms with E-state index in [2.05, 4.69) is 4.74 Å². The van der Waals surface area contributed by atoms with Gasteiger partial charge in [0.1, 0.15) is 0 Å². The summed E-state index contributed by atoms with van der Waals surface area (Å²) in [7, 11) is 0. The molecule has 0 saturated heterocycles. The van der Waals surface area contributed by atoms with Crippen molar-refractivity contribution >= 4 is 23.5 Å². The molecule has 130 valence electrons. The zero-order valence-electron chi connectivity index (χ0n) is 14.0. The lowest BCUT2D eigenvalue weighted by Crippen LogP contribution is -2.20. The van der Waals surface area contributed by atoms with Gasteiger partial charge in [0.05, 0.1) is 11.1 Å². The smallest absolute Gasteiger partial charge is 0.346 e. The third kappa shape index (κ3) is 2.75. The van der Waals surface area contributed by atoms with Gasteiger partial charge in [0, 0.05) is 22.3 Å². The normalized spacial score (nSPS) is 13.8. The van der Waals surface area contributed by atoms with E-state index in [4.69, 9.17) is 0 Å². The topological polar surface area (TPSA) is 77.5 Å². The number of ketones is 2. The van der Waals surface area contributed by atoms with Gasteiger partial charge in [0.25, 0.3) is 0 Å². The number of cyclic esters (lactones) is 2. The average molecular weight is 356 g/mol. The van der Waals surface area contributed by atoms with E-state index >= 15 is 0 Å². The molecule has 3 aromatic carbocycles. The average Bonchev–Trinajstić information content (AvgIpc) is 3.01. The number of carbonyl (C=O) groups excluding carboxylic acids is 4. The van der Waals surface area contributed by atoms with Gasteiger partial charge in [-0.2, -0.15) is 0 Å². The van der Waals surface area contributed by atoms with E-state index in [-0.39, 0.29) is 11.6 Å².